The van der Waals surface area contributed by atoms with Crippen LogP contribution in [0.3, 0.4) is 0 Å². The molecule has 0 aliphatic carbocycles. The van der Waals surface area contributed by atoms with Crippen LogP contribution in [0.4, 0.5) is 0 Å². The van der Waals surface area contributed by atoms with Crippen LogP contribution in [0.1, 0.15) is 33.1 Å². The lowest BCUT2D eigenvalue weighted by Gasteiger charge is -2.24. The molecule has 18 heavy (non-hydrogen) atoms. The molecule has 0 amide bonds. The van der Waals surface area contributed by atoms with Gasteiger partial charge in [0, 0.05) is 13.2 Å². The topological polar surface area (TPSA) is 48.0 Å². The smallest absolute Gasteiger partial charge is 0.320 e. The summed E-state index contributed by atoms with van der Waals surface area (Å²) < 4.78 is 16.0. The van der Waals surface area contributed by atoms with Crippen molar-refractivity contribution < 1.29 is 19.0 Å². The average Bonchev–Trinajstić information content (AvgIpc) is 2.39. The van der Waals surface area contributed by atoms with E-state index in [2.05, 4.69) is 0 Å². The van der Waals surface area contributed by atoms with Crippen LogP contribution in [-0.4, -0.2) is 56.6 Å². The molecular weight excluding hydrogens is 234 g/mol. The van der Waals surface area contributed by atoms with Crippen molar-refractivity contribution in [3.63, 3.8) is 0 Å². The highest BCUT2D eigenvalue weighted by atomic mass is 16.7. The fourth-order valence-corrected chi connectivity index (χ4v) is 1.89. The van der Waals surface area contributed by atoms with E-state index in [1.165, 1.54) is 6.42 Å². The van der Waals surface area contributed by atoms with Gasteiger partial charge in [0.1, 0.15) is 0 Å². The van der Waals surface area contributed by atoms with Gasteiger partial charge in [-0.05, 0) is 32.7 Å². The first-order valence-electron chi connectivity index (χ1n) is 6.87. The molecule has 0 spiro atoms. The maximum absolute atomic E-state index is 11.3. The molecule has 0 aromatic carbocycles. The molecule has 1 heterocycles. The van der Waals surface area contributed by atoms with E-state index in [0.717, 1.165) is 32.5 Å². The van der Waals surface area contributed by atoms with Crippen molar-refractivity contribution in [1.82, 2.24) is 4.90 Å². The van der Waals surface area contributed by atoms with Crippen LogP contribution in [-0.2, 0) is 19.0 Å². The Morgan fingerprint density at radius 1 is 1.39 bits per heavy atom. The minimum absolute atomic E-state index is 0.0555. The van der Waals surface area contributed by atoms with Crippen LogP contribution in [0.25, 0.3) is 0 Å². The van der Waals surface area contributed by atoms with Gasteiger partial charge in [-0.15, -0.1) is 0 Å². The largest absolute Gasteiger partial charge is 0.465 e. The summed E-state index contributed by atoms with van der Waals surface area (Å²) in [7, 11) is 0. The Balaban J connectivity index is 2.12. The molecule has 1 saturated heterocycles. The Labute approximate surface area is 109 Å². The summed E-state index contributed by atoms with van der Waals surface area (Å²) in [6, 6.07) is 0. The van der Waals surface area contributed by atoms with Gasteiger partial charge in [-0.2, -0.15) is 0 Å². The summed E-state index contributed by atoms with van der Waals surface area (Å²) in [5, 5.41) is 0. The van der Waals surface area contributed by atoms with E-state index in [1.807, 2.05) is 18.7 Å². The van der Waals surface area contributed by atoms with Crippen LogP contribution >= 0.6 is 0 Å². The molecule has 106 valence electrons. The molecule has 0 radical (unpaired) electrons. The zero-order valence-electron chi connectivity index (χ0n) is 11.5. The quantitative estimate of drug-likeness (QED) is 0.617. The van der Waals surface area contributed by atoms with E-state index >= 15 is 0 Å². The number of likely N-dealkylation sites (N-methyl/N-ethyl adjacent to an activating group) is 1. The van der Waals surface area contributed by atoms with E-state index in [9.17, 15) is 4.79 Å². The molecule has 1 aliphatic heterocycles. The fourth-order valence-electron chi connectivity index (χ4n) is 1.89. The molecule has 0 saturated carbocycles. The molecular formula is C13H25NO4. The van der Waals surface area contributed by atoms with Crippen molar-refractivity contribution in [3.05, 3.63) is 0 Å². The van der Waals surface area contributed by atoms with Crippen LogP contribution in [0.2, 0.25) is 0 Å². The van der Waals surface area contributed by atoms with Crippen molar-refractivity contribution in [3.8, 4) is 0 Å². The van der Waals surface area contributed by atoms with Crippen LogP contribution < -0.4 is 0 Å². The van der Waals surface area contributed by atoms with Gasteiger partial charge in [0.15, 0.2) is 6.29 Å². The predicted molar refractivity (Wildman–Crippen MR) is 68.3 cm³/mol. The zero-order valence-corrected chi connectivity index (χ0v) is 11.5. The lowest BCUT2D eigenvalue weighted by Crippen LogP contribution is -2.35. The summed E-state index contributed by atoms with van der Waals surface area (Å²) in [6.07, 6.45) is 3.22. The fraction of sp³-hybridized carbons (Fsp3) is 0.923. The second-order valence-corrected chi connectivity index (χ2v) is 4.34. The van der Waals surface area contributed by atoms with Crippen LogP contribution in [0, 0.1) is 0 Å². The molecule has 1 rings (SSSR count). The Bertz CT molecular complexity index is 229. The van der Waals surface area contributed by atoms with Gasteiger partial charge in [-0.1, -0.05) is 6.92 Å². The van der Waals surface area contributed by atoms with Crippen LogP contribution in [0.15, 0.2) is 0 Å². The first-order chi connectivity index (χ1) is 8.76. The van der Waals surface area contributed by atoms with Gasteiger partial charge in [-0.25, -0.2) is 0 Å². The number of rotatable bonds is 8. The van der Waals surface area contributed by atoms with Gasteiger partial charge >= 0.3 is 5.97 Å². The molecule has 1 aliphatic rings. The van der Waals surface area contributed by atoms with E-state index in [1.54, 1.807) is 0 Å². The highest BCUT2D eigenvalue weighted by molar-refractivity contribution is 5.71. The predicted octanol–water partition coefficient (Wildman–Crippen LogP) is 1.41. The molecule has 0 bridgehead atoms. The molecule has 0 aromatic rings. The molecule has 0 N–H and O–H groups in total. The maximum Gasteiger partial charge on any atom is 0.320 e. The van der Waals surface area contributed by atoms with Crippen molar-refractivity contribution in [2.75, 3.05) is 39.5 Å². The summed E-state index contributed by atoms with van der Waals surface area (Å²) >= 11 is 0. The Morgan fingerprint density at radius 2 is 2.22 bits per heavy atom. The highest BCUT2D eigenvalue weighted by Gasteiger charge is 2.15. The van der Waals surface area contributed by atoms with Gasteiger partial charge in [0.05, 0.1) is 19.8 Å². The highest BCUT2D eigenvalue weighted by Crippen LogP contribution is 2.13. The third kappa shape index (κ3) is 6.33. The van der Waals surface area contributed by atoms with Crippen molar-refractivity contribution in [2.24, 2.45) is 0 Å². The Morgan fingerprint density at radius 3 is 2.83 bits per heavy atom. The number of hydrogen-bond donors (Lipinski definition) is 0. The first-order valence-corrected chi connectivity index (χ1v) is 6.87. The molecule has 1 unspecified atom stereocenters. The molecule has 1 atom stereocenters. The average molecular weight is 259 g/mol. The lowest BCUT2D eigenvalue weighted by atomic mass is 10.2. The van der Waals surface area contributed by atoms with E-state index in [4.69, 9.17) is 14.2 Å². The second-order valence-electron chi connectivity index (χ2n) is 4.34. The second kappa shape index (κ2) is 9.30. The van der Waals surface area contributed by atoms with Gasteiger partial charge < -0.3 is 14.2 Å². The standard InChI is InChI=1S/C13H25NO4/c1-3-14(11-12(15)16-4-2)8-10-18-13-7-5-6-9-17-13/h13H,3-11H2,1-2H3. The number of carbonyl (C=O) groups is 1. The van der Waals surface area contributed by atoms with Gasteiger partial charge in [-0.3, -0.25) is 9.69 Å². The van der Waals surface area contributed by atoms with Crippen molar-refractivity contribution in [1.29, 1.82) is 0 Å². The van der Waals surface area contributed by atoms with Gasteiger partial charge in [0.2, 0.25) is 0 Å². The van der Waals surface area contributed by atoms with Gasteiger partial charge in [0.25, 0.3) is 0 Å². The Hall–Kier alpha value is -0.650. The normalized spacial score (nSPS) is 20.1. The summed E-state index contributed by atoms with van der Waals surface area (Å²) in [6.45, 7) is 7.54. The van der Waals surface area contributed by atoms with E-state index in [-0.39, 0.29) is 12.3 Å². The summed E-state index contributed by atoms with van der Waals surface area (Å²) in [5.41, 5.74) is 0. The maximum atomic E-state index is 11.3. The third-order valence-electron chi connectivity index (χ3n) is 2.95. The van der Waals surface area contributed by atoms with E-state index < -0.39 is 0 Å². The van der Waals surface area contributed by atoms with Crippen molar-refractivity contribution in [2.45, 2.75) is 39.4 Å². The number of carbonyl (C=O) groups excluding carboxylic acids is 1. The minimum atomic E-state index is -0.173. The monoisotopic (exact) mass is 259 g/mol. The number of nitrogens with zero attached hydrogens (tertiary/aromatic N) is 1. The first kappa shape index (κ1) is 15.4. The summed E-state index contributed by atoms with van der Waals surface area (Å²) in [4.78, 5) is 13.4. The number of ether oxygens (including phenoxy) is 3. The lowest BCUT2D eigenvalue weighted by molar-refractivity contribution is -0.165. The van der Waals surface area contributed by atoms with E-state index in [0.29, 0.717) is 19.8 Å². The number of esters is 1. The third-order valence-corrected chi connectivity index (χ3v) is 2.95. The molecule has 0 aromatic heterocycles. The molecule has 1 fully saturated rings. The van der Waals surface area contributed by atoms with Crippen molar-refractivity contribution >= 4 is 5.97 Å². The molecule has 5 heteroatoms. The minimum Gasteiger partial charge on any atom is -0.465 e. The SMILES string of the molecule is CCOC(=O)CN(CC)CCOC1CCCCO1. The summed E-state index contributed by atoms with van der Waals surface area (Å²) in [5.74, 6) is -0.173. The number of hydrogen-bond acceptors (Lipinski definition) is 5. The molecule has 5 nitrogen and oxygen atoms in total. The van der Waals surface area contributed by atoms with Crippen LogP contribution in [0.5, 0.6) is 0 Å². The zero-order chi connectivity index (χ0) is 13.2. The Kier molecular flexibility index (Phi) is 7.96.